The summed E-state index contributed by atoms with van der Waals surface area (Å²) in [6.07, 6.45) is 48.0. The van der Waals surface area contributed by atoms with E-state index in [1.54, 1.807) is 0 Å². The van der Waals surface area contributed by atoms with Crippen LogP contribution in [0.1, 0.15) is 142 Å². The Kier molecular flexibility index (Phi) is 34.2. The maximum atomic E-state index is 12.1. The Morgan fingerprint density at radius 2 is 1.05 bits per heavy atom. The summed E-state index contributed by atoms with van der Waals surface area (Å²) in [5, 5.41) is 9.53. The second kappa shape index (κ2) is 36.0. The summed E-state index contributed by atoms with van der Waals surface area (Å²) < 4.78 is 11.0. The van der Waals surface area contributed by atoms with Gasteiger partial charge in [-0.1, -0.05) is 132 Å². The SMILES string of the molecule is CC/C=C\C/C=C\C/C=C\C/C=C\CCCOCC(CO)OC(=O)CCCCCCCCC/C=C\C/C=C\CCCCC. The van der Waals surface area contributed by atoms with E-state index >= 15 is 0 Å². The first-order chi connectivity index (χ1) is 21.2. The molecule has 0 saturated heterocycles. The van der Waals surface area contributed by atoms with Crippen molar-refractivity contribution in [3.8, 4) is 0 Å². The highest BCUT2D eigenvalue weighted by atomic mass is 16.6. The van der Waals surface area contributed by atoms with E-state index in [1.165, 1.54) is 57.8 Å². The van der Waals surface area contributed by atoms with Crippen molar-refractivity contribution in [2.45, 2.75) is 148 Å². The molecule has 1 unspecified atom stereocenters. The number of hydrogen-bond donors (Lipinski definition) is 1. The third-order valence-corrected chi connectivity index (χ3v) is 7.02. The van der Waals surface area contributed by atoms with Crippen LogP contribution in [0.25, 0.3) is 0 Å². The third-order valence-electron chi connectivity index (χ3n) is 7.02. The van der Waals surface area contributed by atoms with E-state index in [-0.39, 0.29) is 19.2 Å². The van der Waals surface area contributed by atoms with Gasteiger partial charge in [-0.15, -0.1) is 0 Å². The topological polar surface area (TPSA) is 55.8 Å². The maximum Gasteiger partial charge on any atom is 0.306 e. The fourth-order valence-electron chi connectivity index (χ4n) is 4.42. The summed E-state index contributed by atoms with van der Waals surface area (Å²) in [6, 6.07) is 0. The molecular weight excluding hydrogens is 532 g/mol. The van der Waals surface area contributed by atoms with E-state index in [0.717, 1.165) is 64.2 Å². The van der Waals surface area contributed by atoms with Gasteiger partial charge in [0.1, 0.15) is 6.10 Å². The predicted octanol–water partition coefficient (Wildman–Crippen LogP) is 11.1. The number of hydrogen-bond acceptors (Lipinski definition) is 4. The predicted molar refractivity (Wildman–Crippen MR) is 186 cm³/mol. The van der Waals surface area contributed by atoms with Gasteiger partial charge in [-0.25, -0.2) is 0 Å². The van der Waals surface area contributed by atoms with E-state index in [9.17, 15) is 9.90 Å². The molecule has 0 aliphatic heterocycles. The second-order valence-electron chi connectivity index (χ2n) is 11.2. The number of aliphatic hydroxyl groups excluding tert-OH is 1. The van der Waals surface area contributed by atoms with E-state index in [0.29, 0.717) is 13.0 Å². The van der Waals surface area contributed by atoms with Crippen LogP contribution in [0.15, 0.2) is 72.9 Å². The molecule has 0 rings (SSSR count). The summed E-state index contributed by atoms with van der Waals surface area (Å²) in [5.41, 5.74) is 0. The van der Waals surface area contributed by atoms with Gasteiger partial charge in [0.25, 0.3) is 0 Å². The Labute approximate surface area is 266 Å². The van der Waals surface area contributed by atoms with Crippen molar-refractivity contribution in [3.63, 3.8) is 0 Å². The van der Waals surface area contributed by atoms with Crippen LogP contribution in [0.4, 0.5) is 0 Å². The molecule has 43 heavy (non-hydrogen) atoms. The normalized spacial score (nSPS) is 13.3. The molecule has 246 valence electrons. The Morgan fingerprint density at radius 3 is 1.58 bits per heavy atom. The van der Waals surface area contributed by atoms with Gasteiger partial charge in [0.15, 0.2) is 0 Å². The highest BCUT2D eigenvalue weighted by Gasteiger charge is 2.13. The molecular formula is C39H66O4. The molecule has 0 spiro atoms. The number of carbonyl (C=O) groups is 1. The Balaban J connectivity index is 3.58. The number of unbranched alkanes of at least 4 members (excludes halogenated alkanes) is 11. The maximum absolute atomic E-state index is 12.1. The van der Waals surface area contributed by atoms with Gasteiger partial charge in [0.2, 0.25) is 0 Å². The van der Waals surface area contributed by atoms with Crippen molar-refractivity contribution in [1.29, 1.82) is 0 Å². The molecule has 0 heterocycles. The third kappa shape index (κ3) is 34.2. The summed E-state index contributed by atoms with van der Waals surface area (Å²) in [4.78, 5) is 12.1. The first-order valence-electron chi connectivity index (χ1n) is 17.5. The van der Waals surface area contributed by atoms with Gasteiger partial charge < -0.3 is 14.6 Å². The van der Waals surface area contributed by atoms with Crippen LogP contribution in [0.3, 0.4) is 0 Å². The van der Waals surface area contributed by atoms with Crippen LogP contribution >= 0.6 is 0 Å². The van der Waals surface area contributed by atoms with Gasteiger partial charge >= 0.3 is 5.97 Å². The number of allylic oxidation sites excluding steroid dienone is 12. The summed E-state index contributed by atoms with van der Waals surface area (Å²) in [6.45, 7) is 5.04. The van der Waals surface area contributed by atoms with Gasteiger partial charge in [-0.2, -0.15) is 0 Å². The van der Waals surface area contributed by atoms with Crippen LogP contribution in [-0.2, 0) is 14.3 Å². The summed E-state index contributed by atoms with van der Waals surface area (Å²) in [7, 11) is 0. The zero-order valence-corrected chi connectivity index (χ0v) is 27.9. The monoisotopic (exact) mass is 598 g/mol. The van der Waals surface area contributed by atoms with E-state index in [4.69, 9.17) is 9.47 Å². The van der Waals surface area contributed by atoms with Crippen molar-refractivity contribution < 1.29 is 19.4 Å². The number of aliphatic hydroxyl groups is 1. The lowest BCUT2D eigenvalue weighted by molar-refractivity contribution is -0.154. The Hall–Kier alpha value is -2.17. The van der Waals surface area contributed by atoms with Crippen LogP contribution in [0, 0.1) is 0 Å². The van der Waals surface area contributed by atoms with Gasteiger partial charge in [0.05, 0.1) is 13.2 Å². The lowest BCUT2D eigenvalue weighted by atomic mass is 10.1. The van der Waals surface area contributed by atoms with Crippen LogP contribution < -0.4 is 0 Å². The molecule has 0 amide bonds. The zero-order chi connectivity index (χ0) is 31.3. The molecule has 0 radical (unpaired) electrons. The minimum atomic E-state index is -0.569. The van der Waals surface area contributed by atoms with Crippen molar-refractivity contribution in [3.05, 3.63) is 72.9 Å². The largest absolute Gasteiger partial charge is 0.457 e. The van der Waals surface area contributed by atoms with E-state index in [1.807, 2.05) is 0 Å². The Morgan fingerprint density at radius 1 is 0.581 bits per heavy atom. The lowest BCUT2D eigenvalue weighted by Crippen LogP contribution is -2.27. The van der Waals surface area contributed by atoms with Crippen LogP contribution in [0.5, 0.6) is 0 Å². The molecule has 0 bridgehead atoms. The smallest absolute Gasteiger partial charge is 0.306 e. The fraction of sp³-hybridized carbons (Fsp3) is 0.667. The van der Waals surface area contributed by atoms with Crippen molar-refractivity contribution in [1.82, 2.24) is 0 Å². The molecule has 0 fully saturated rings. The molecule has 0 aliphatic rings. The number of rotatable bonds is 31. The molecule has 1 atom stereocenters. The Bertz CT molecular complexity index is 759. The first-order valence-corrected chi connectivity index (χ1v) is 17.5. The molecule has 4 heteroatoms. The minimum absolute atomic E-state index is 0.201. The minimum Gasteiger partial charge on any atom is -0.457 e. The van der Waals surface area contributed by atoms with E-state index in [2.05, 4.69) is 86.8 Å². The number of ether oxygens (including phenoxy) is 2. The summed E-state index contributed by atoms with van der Waals surface area (Å²) >= 11 is 0. The molecule has 0 aromatic heterocycles. The molecule has 0 aromatic carbocycles. The van der Waals surface area contributed by atoms with Crippen LogP contribution in [-0.4, -0.2) is 37.0 Å². The first kappa shape index (κ1) is 40.8. The summed E-state index contributed by atoms with van der Waals surface area (Å²) in [5.74, 6) is -0.231. The highest BCUT2D eigenvalue weighted by molar-refractivity contribution is 5.69. The molecule has 0 aromatic rings. The molecule has 4 nitrogen and oxygen atoms in total. The van der Waals surface area contributed by atoms with Gasteiger partial charge in [-0.3, -0.25) is 4.79 Å². The second-order valence-corrected chi connectivity index (χ2v) is 11.2. The number of carbonyl (C=O) groups excluding carboxylic acids is 1. The average Bonchev–Trinajstić information content (AvgIpc) is 3.01. The lowest BCUT2D eigenvalue weighted by Gasteiger charge is -2.15. The quantitative estimate of drug-likeness (QED) is 0.0490. The molecule has 0 saturated carbocycles. The number of esters is 1. The van der Waals surface area contributed by atoms with E-state index < -0.39 is 6.10 Å². The molecule has 1 N–H and O–H groups in total. The molecule has 0 aliphatic carbocycles. The zero-order valence-electron chi connectivity index (χ0n) is 27.9. The van der Waals surface area contributed by atoms with Gasteiger partial charge in [0, 0.05) is 13.0 Å². The fourth-order valence-corrected chi connectivity index (χ4v) is 4.42. The van der Waals surface area contributed by atoms with Gasteiger partial charge in [-0.05, 0) is 77.0 Å². The standard InChI is InChI=1S/C39H66O4/c1-3-5-7-9-11-13-15-17-19-20-21-22-24-26-28-30-32-34-39(41)43-38(36-40)37-42-35-33-31-29-27-25-23-18-16-14-12-10-8-6-4-2/h6,8,11-14,17-19,23,27,29,38,40H,3-5,7,9-10,15-16,20-22,24-26,28,30-37H2,1-2H3/b8-6-,13-11-,14-12-,19-17-,23-18-,29-27-. The highest BCUT2D eigenvalue weighted by Crippen LogP contribution is 2.11. The van der Waals surface area contributed by atoms with Crippen molar-refractivity contribution in [2.24, 2.45) is 0 Å². The van der Waals surface area contributed by atoms with Crippen LogP contribution in [0.2, 0.25) is 0 Å². The van der Waals surface area contributed by atoms with Crippen molar-refractivity contribution in [2.75, 3.05) is 19.8 Å². The van der Waals surface area contributed by atoms with Crippen molar-refractivity contribution >= 4 is 5.97 Å². The average molecular weight is 599 g/mol.